The second-order valence-electron chi connectivity index (χ2n) is 6.22. The summed E-state index contributed by atoms with van der Waals surface area (Å²) in [6, 6.07) is 0.101. The Morgan fingerprint density at radius 2 is 2.24 bits per heavy atom. The van der Waals surface area contributed by atoms with Gasteiger partial charge in [0, 0.05) is 17.6 Å². The van der Waals surface area contributed by atoms with E-state index in [4.69, 9.17) is 4.52 Å². The number of nitrogens with zero attached hydrogens (tertiary/aromatic N) is 4. The lowest BCUT2D eigenvalue weighted by atomic mass is 10.2. The predicted molar refractivity (Wildman–Crippen MR) is 89.1 cm³/mol. The van der Waals surface area contributed by atoms with Crippen LogP contribution in [0.15, 0.2) is 16.1 Å². The van der Waals surface area contributed by atoms with Crippen LogP contribution in [0.2, 0.25) is 0 Å². The van der Waals surface area contributed by atoms with Crippen molar-refractivity contribution >= 4 is 28.3 Å². The van der Waals surface area contributed by atoms with Crippen molar-refractivity contribution in [3.05, 3.63) is 23.3 Å². The molecule has 1 aliphatic carbocycles. The molecule has 1 saturated heterocycles. The average molecular weight is 362 g/mol. The summed E-state index contributed by atoms with van der Waals surface area (Å²) >= 11 is 1.38. The summed E-state index contributed by atoms with van der Waals surface area (Å²) in [5, 5.41) is 11.8. The van der Waals surface area contributed by atoms with E-state index in [1.165, 1.54) is 11.3 Å². The minimum absolute atomic E-state index is 0.0565. The van der Waals surface area contributed by atoms with Crippen molar-refractivity contribution in [2.45, 2.75) is 37.8 Å². The first-order chi connectivity index (χ1) is 12.2. The van der Waals surface area contributed by atoms with E-state index in [0.717, 1.165) is 32.2 Å². The van der Waals surface area contributed by atoms with Gasteiger partial charge in [0.2, 0.25) is 11.8 Å². The Bertz CT molecular complexity index is 757. The van der Waals surface area contributed by atoms with E-state index in [9.17, 15) is 9.59 Å². The zero-order valence-electron chi connectivity index (χ0n) is 13.5. The molecule has 2 N–H and O–H groups in total. The molecule has 0 aromatic carbocycles. The Morgan fingerprint density at radius 1 is 1.36 bits per heavy atom. The van der Waals surface area contributed by atoms with Gasteiger partial charge >= 0.3 is 0 Å². The normalized spacial score (nSPS) is 20.6. The maximum absolute atomic E-state index is 12.2. The SMILES string of the molecule is O=C(CN1CCCC1c1nc(C(=O)NC2CC2)no1)Nc1nccs1. The molecule has 2 aromatic rings. The van der Waals surface area contributed by atoms with Crippen LogP contribution in [-0.2, 0) is 4.79 Å². The lowest BCUT2D eigenvalue weighted by molar-refractivity contribution is -0.117. The molecule has 4 rings (SSSR count). The van der Waals surface area contributed by atoms with Crippen LogP contribution in [0.5, 0.6) is 0 Å². The Balaban J connectivity index is 1.38. The van der Waals surface area contributed by atoms with Gasteiger partial charge in [0.1, 0.15) is 0 Å². The average Bonchev–Trinajstić information content (AvgIpc) is 3.03. The van der Waals surface area contributed by atoms with Crippen LogP contribution in [0.3, 0.4) is 0 Å². The summed E-state index contributed by atoms with van der Waals surface area (Å²) in [5.41, 5.74) is 0. The topological polar surface area (TPSA) is 113 Å². The molecule has 2 fully saturated rings. The number of carbonyl (C=O) groups excluding carboxylic acids is 2. The maximum atomic E-state index is 12.2. The molecule has 10 heteroatoms. The molecule has 0 bridgehead atoms. The number of rotatable bonds is 6. The molecule has 9 nitrogen and oxygen atoms in total. The molecule has 1 unspecified atom stereocenters. The van der Waals surface area contributed by atoms with Crippen LogP contribution in [-0.4, -0.2) is 51.0 Å². The highest BCUT2D eigenvalue weighted by molar-refractivity contribution is 7.13. The zero-order chi connectivity index (χ0) is 17.2. The fourth-order valence-corrected chi connectivity index (χ4v) is 3.41. The van der Waals surface area contributed by atoms with Gasteiger partial charge in [-0.05, 0) is 32.2 Å². The van der Waals surface area contributed by atoms with Crippen molar-refractivity contribution in [2.24, 2.45) is 0 Å². The molecule has 2 aliphatic rings. The van der Waals surface area contributed by atoms with Gasteiger partial charge in [-0.15, -0.1) is 11.3 Å². The minimum Gasteiger partial charge on any atom is -0.346 e. The van der Waals surface area contributed by atoms with Crippen molar-refractivity contribution in [2.75, 3.05) is 18.4 Å². The molecule has 0 spiro atoms. The summed E-state index contributed by atoms with van der Waals surface area (Å²) in [6.45, 7) is 0.984. The van der Waals surface area contributed by atoms with E-state index in [0.29, 0.717) is 11.0 Å². The number of carbonyl (C=O) groups is 2. The van der Waals surface area contributed by atoms with E-state index in [1.807, 2.05) is 4.90 Å². The van der Waals surface area contributed by atoms with Crippen LogP contribution in [0, 0.1) is 0 Å². The van der Waals surface area contributed by atoms with Gasteiger partial charge in [-0.1, -0.05) is 5.16 Å². The van der Waals surface area contributed by atoms with Crippen LogP contribution >= 0.6 is 11.3 Å². The van der Waals surface area contributed by atoms with E-state index in [1.54, 1.807) is 11.6 Å². The molecule has 3 heterocycles. The molecule has 1 saturated carbocycles. The number of thiazole rings is 1. The second-order valence-corrected chi connectivity index (χ2v) is 7.11. The summed E-state index contributed by atoms with van der Waals surface area (Å²) in [5.74, 6) is 0.0121. The number of likely N-dealkylation sites (tertiary alicyclic amines) is 1. The van der Waals surface area contributed by atoms with Crippen LogP contribution in [0.1, 0.15) is 48.2 Å². The van der Waals surface area contributed by atoms with Crippen molar-refractivity contribution < 1.29 is 14.1 Å². The van der Waals surface area contributed by atoms with Crippen molar-refractivity contribution in [1.82, 2.24) is 25.3 Å². The first-order valence-corrected chi connectivity index (χ1v) is 9.15. The summed E-state index contributed by atoms with van der Waals surface area (Å²) in [6.07, 6.45) is 5.39. The lowest BCUT2D eigenvalue weighted by Crippen LogP contribution is -2.33. The lowest BCUT2D eigenvalue weighted by Gasteiger charge is -2.20. The van der Waals surface area contributed by atoms with Crippen molar-refractivity contribution in [1.29, 1.82) is 0 Å². The fourth-order valence-electron chi connectivity index (χ4n) is 2.86. The first kappa shape index (κ1) is 16.2. The van der Waals surface area contributed by atoms with Gasteiger partial charge in [-0.3, -0.25) is 14.5 Å². The number of hydrogen-bond donors (Lipinski definition) is 2. The molecule has 2 amide bonds. The van der Waals surface area contributed by atoms with Gasteiger partial charge in [0.25, 0.3) is 11.7 Å². The standard InChI is InChI=1S/C15H18N6O3S/c22-11(18-15-16-5-7-25-15)8-21-6-1-2-10(21)14-19-12(20-24-14)13(23)17-9-3-4-9/h5,7,9-10H,1-4,6,8H2,(H,17,23)(H,16,18,22). The molecular weight excluding hydrogens is 344 g/mol. The van der Waals surface area contributed by atoms with E-state index < -0.39 is 0 Å². The van der Waals surface area contributed by atoms with Gasteiger partial charge in [0.05, 0.1) is 12.6 Å². The summed E-state index contributed by atoms with van der Waals surface area (Å²) in [4.78, 5) is 34.4. The van der Waals surface area contributed by atoms with Crippen molar-refractivity contribution in [3.8, 4) is 0 Å². The molecule has 1 aliphatic heterocycles. The number of anilines is 1. The van der Waals surface area contributed by atoms with Gasteiger partial charge in [-0.2, -0.15) is 4.98 Å². The Labute approximate surface area is 147 Å². The molecule has 1 atom stereocenters. The Kier molecular flexibility index (Phi) is 4.45. The van der Waals surface area contributed by atoms with Gasteiger partial charge < -0.3 is 15.2 Å². The highest BCUT2D eigenvalue weighted by atomic mass is 32.1. The largest absolute Gasteiger partial charge is 0.346 e. The van der Waals surface area contributed by atoms with Crippen LogP contribution in [0.4, 0.5) is 5.13 Å². The molecule has 132 valence electrons. The molecular formula is C15H18N6O3S. The monoisotopic (exact) mass is 362 g/mol. The van der Waals surface area contributed by atoms with Crippen LogP contribution in [0.25, 0.3) is 0 Å². The highest BCUT2D eigenvalue weighted by Crippen LogP contribution is 2.30. The number of aromatic nitrogens is 3. The molecule has 2 aromatic heterocycles. The van der Waals surface area contributed by atoms with E-state index in [-0.39, 0.29) is 36.3 Å². The third-order valence-corrected chi connectivity index (χ3v) is 4.92. The third-order valence-electron chi connectivity index (χ3n) is 4.23. The minimum atomic E-state index is -0.302. The molecule has 0 radical (unpaired) electrons. The van der Waals surface area contributed by atoms with Crippen LogP contribution < -0.4 is 10.6 Å². The summed E-state index contributed by atoms with van der Waals surface area (Å²) in [7, 11) is 0. The predicted octanol–water partition coefficient (Wildman–Crippen LogP) is 1.19. The van der Waals surface area contributed by atoms with Gasteiger partial charge in [-0.25, -0.2) is 4.98 Å². The number of hydrogen-bond acceptors (Lipinski definition) is 8. The van der Waals surface area contributed by atoms with Gasteiger partial charge in [0.15, 0.2) is 5.13 Å². The second kappa shape index (κ2) is 6.89. The van der Waals surface area contributed by atoms with E-state index >= 15 is 0 Å². The molecule has 25 heavy (non-hydrogen) atoms. The third kappa shape index (κ3) is 3.85. The Morgan fingerprint density at radius 3 is 3.00 bits per heavy atom. The maximum Gasteiger partial charge on any atom is 0.292 e. The highest BCUT2D eigenvalue weighted by Gasteiger charge is 2.33. The number of nitrogens with one attached hydrogen (secondary N) is 2. The fraction of sp³-hybridized carbons (Fsp3) is 0.533. The smallest absolute Gasteiger partial charge is 0.292 e. The Hall–Kier alpha value is -2.33. The first-order valence-electron chi connectivity index (χ1n) is 8.27. The van der Waals surface area contributed by atoms with E-state index in [2.05, 4.69) is 25.8 Å². The summed E-state index contributed by atoms with van der Waals surface area (Å²) < 4.78 is 5.28. The zero-order valence-corrected chi connectivity index (χ0v) is 14.3. The number of amides is 2. The van der Waals surface area contributed by atoms with Crippen molar-refractivity contribution in [3.63, 3.8) is 0 Å². The quantitative estimate of drug-likeness (QED) is 0.793.